The Labute approximate surface area is 115 Å². The van der Waals surface area contributed by atoms with Crippen molar-refractivity contribution < 1.29 is 0 Å². The molecule has 3 heteroatoms. The topological polar surface area (TPSA) is 24.4 Å². The third-order valence-corrected chi connectivity index (χ3v) is 3.69. The lowest BCUT2D eigenvalue weighted by Gasteiger charge is -2.04. The number of nitrogens with one attached hydrogen (secondary N) is 1. The summed E-state index contributed by atoms with van der Waals surface area (Å²) in [6.45, 7) is 8.33. The van der Waals surface area contributed by atoms with E-state index in [1.54, 1.807) is 11.3 Å². The summed E-state index contributed by atoms with van der Waals surface area (Å²) >= 11 is 1.75. The molecule has 0 aromatic carbocycles. The molecule has 0 fully saturated rings. The Morgan fingerprint density at radius 2 is 2.11 bits per heavy atom. The number of aryl methyl sites for hydroxylation is 1. The molecule has 0 saturated carbocycles. The first-order valence-corrected chi connectivity index (χ1v) is 7.57. The summed E-state index contributed by atoms with van der Waals surface area (Å²) in [6.07, 6.45) is 9.35. The van der Waals surface area contributed by atoms with E-state index in [0.29, 0.717) is 0 Å². The van der Waals surface area contributed by atoms with Crippen LogP contribution in [-0.4, -0.2) is 6.21 Å². The summed E-state index contributed by atoms with van der Waals surface area (Å²) in [5, 5.41) is 4.21. The maximum atomic E-state index is 4.21. The van der Waals surface area contributed by atoms with Gasteiger partial charge in [-0.3, -0.25) is 5.43 Å². The first-order valence-electron chi connectivity index (χ1n) is 6.75. The van der Waals surface area contributed by atoms with Crippen LogP contribution in [0.25, 0.3) is 0 Å². The fraction of sp³-hybridized carbons (Fsp3) is 0.533. The first kappa shape index (κ1) is 15.0. The first-order chi connectivity index (χ1) is 8.72. The predicted octanol–water partition coefficient (Wildman–Crippen LogP) is 4.85. The van der Waals surface area contributed by atoms with Crippen molar-refractivity contribution in [2.45, 2.75) is 52.4 Å². The van der Waals surface area contributed by atoms with Crippen LogP contribution in [0.1, 0.15) is 55.2 Å². The Morgan fingerprint density at radius 1 is 1.33 bits per heavy atom. The summed E-state index contributed by atoms with van der Waals surface area (Å²) in [5.41, 5.74) is 4.02. The number of unbranched alkanes of at least 4 members (excludes halogenated alkanes) is 4. The van der Waals surface area contributed by atoms with Gasteiger partial charge in [0.25, 0.3) is 0 Å². The highest BCUT2D eigenvalue weighted by Gasteiger charge is 1.94. The van der Waals surface area contributed by atoms with Gasteiger partial charge in [-0.05, 0) is 31.9 Å². The molecule has 0 bridgehead atoms. The molecule has 1 aromatic heterocycles. The molecule has 1 aromatic rings. The van der Waals surface area contributed by atoms with Gasteiger partial charge in [-0.25, -0.2) is 0 Å². The van der Waals surface area contributed by atoms with Crippen LogP contribution in [-0.2, 0) is 0 Å². The van der Waals surface area contributed by atoms with E-state index in [9.17, 15) is 0 Å². The van der Waals surface area contributed by atoms with Crippen molar-refractivity contribution in [1.82, 2.24) is 5.43 Å². The van der Waals surface area contributed by atoms with E-state index >= 15 is 0 Å². The monoisotopic (exact) mass is 264 g/mol. The number of thiophene rings is 1. The molecule has 100 valence electrons. The number of allylic oxidation sites excluding steroid dienone is 1. The van der Waals surface area contributed by atoms with Crippen LogP contribution in [0.5, 0.6) is 0 Å². The molecule has 0 atom stereocenters. The van der Waals surface area contributed by atoms with Gasteiger partial charge in [-0.1, -0.05) is 39.2 Å². The highest BCUT2D eigenvalue weighted by Crippen LogP contribution is 2.12. The Balaban J connectivity index is 2.11. The van der Waals surface area contributed by atoms with Crippen LogP contribution >= 0.6 is 11.3 Å². The van der Waals surface area contributed by atoms with Gasteiger partial charge in [0.15, 0.2) is 0 Å². The molecular weight excluding hydrogens is 240 g/mol. The van der Waals surface area contributed by atoms with Crippen molar-refractivity contribution in [2.75, 3.05) is 0 Å². The van der Waals surface area contributed by atoms with E-state index in [0.717, 1.165) is 12.1 Å². The fourth-order valence-electron chi connectivity index (χ4n) is 1.71. The van der Waals surface area contributed by atoms with E-state index in [1.165, 1.54) is 41.9 Å². The van der Waals surface area contributed by atoms with Crippen LogP contribution in [0, 0.1) is 6.92 Å². The number of hydrogen-bond acceptors (Lipinski definition) is 3. The second-order valence-electron chi connectivity index (χ2n) is 4.59. The van der Waals surface area contributed by atoms with Crippen molar-refractivity contribution >= 4 is 17.6 Å². The van der Waals surface area contributed by atoms with Crippen molar-refractivity contribution in [2.24, 2.45) is 5.10 Å². The van der Waals surface area contributed by atoms with Gasteiger partial charge in [0, 0.05) is 15.5 Å². The third-order valence-electron chi connectivity index (χ3n) is 2.76. The van der Waals surface area contributed by atoms with Crippen LogP contribution < -0.4 is 5.43 Å². The third kappa shape index (κ3) is 6.60. The molecule has 2 nitrogen and oxygen atoms in total. The fourth-order valence-corrected chi connectivity index (χ4v) is 2.46. The molecule has 1 rings (SSSR count). The summed E-state index contributed by atoms with van der Waals surface area (Å²) in [5.74, 6) is 0. The van der Waals surface area contributed by atoms with E-state index < -0.39 is 0 Å². The van der Waals surface area contributed by atoms with Gasteiger partial charge in [0.05, 0.1) is 6.21 Å². The molecular formula is C15H24N2S. The van der Waals surface area contributed by atoms with Gasteiger partial charge >= 0.3 is 0 Å². The zero-order valence-electron chi connectivity index (χ0n) is 11.5. The molecule has 0 aliphatic carbocycles. The summed E-state index contributed by atoms with van der Waals surface area (Å²) in [6, 6.07) is 4.19. The predicted molar refractivity (Wildman–Crippen MR) is 82.3 cm³/mol. The highest BCUT2D eigenvalue weighted by molar-refractivity contribution is 7.13. The minimum Gasteiger partial charge on any atom is -0.283 e. The summed E-state index contributed by atoms with van der Waals surface area (Å²) in [4.78, 5) is 2.49. The van der Waals surface area contributed by atoms with Crippen LogP contribution in [0.4, 0.5) is 0 Å². The van der Waals surface area contributed by atoms with Crippen molar-refractivity contribution in [3.8, 4) is 0 Å². The minimum absolute atomic E-state index is 1.01. The molecule has 0 radical (unpaired) electrons. The zero-order valence-corrected chi connectivity index (χ0v) is 12.4. The standard InChI is InChI=1S/C15H24N2S/c1-4-5-6-7-8-9-13(2)17-16-12-15-11-10-14(3)18-15/h10-12,17H,2,4-9H2,1,3H3/b16-12+. The average molecular weight is 264 g/mol. The Hall–Kier alpha value is -1.09. The van der Waals surface area contributed by atoms with Crippen molar-refractivity contribution in [3.05, 3.63) is 34.2 Å². The van der Waals surface area contributed by atoms with Gasteiger partial charge in [0.1, 0.15) is 0 Å². The quantitative estimate of drug-likeness (QED) is 0.385. The van der Waals surface area contributed by atoms with Gasteiger partial charge in [0.2, 0.25) is 0 Å². The number of hydrogen-bond donors (Lipinski definition) is 1. The van der Waals surface area contributed by atoms with Gasteiger partial charge in [-0.15, -0.1) is 11.3 Å². The normalized spacial score (nSPS) is 11.0. The second kappa shape index (κ2) is 8.92. The summed E-state index contributed by atoms with van der Waals surface area (Å²) < 4.78 is 0. The van der Waals surface area contributed by atoms with Gasteiger partial charge in [-0.2, -0.15) is 5.10 Å². The maximum Gasteiger partial charge on any atom is 0.0644 e. The van der Waals surface area contributed by atoms with E-state index in [1.807, 2.05) is 6.21 Å². The minimum atomic E-state index is 1.01. The SMILES string of the molecule is C=C(CCCCCCC)N/N=C/c1ccc(C)s1. The highest BCUT2D eigenvalue weighted by atomic mass is 32.1. The molecule has 1 N–H and O–H groups in total. The number of hydrazone groups is 1. The van der Waals surface area contributed by atoms with E-state index in [2.05, 4.69) is 43.1 Å². The smallest absolute Gasteiger partial charge is 0.0644 e. The zero-order chi connectivity index (χ0) is 13.2. The van der Waals surface area contributed by atoms with Crippen LogP contribution in [0.3, 0.4) is 0 Å². The lowest BCUT2D eigenvalue weighted by molar-refractivity contribution is 0.618. The van der Waals surface area contributed by atoms with Gasteiger partial charge < -0.3 is 0 Å². The molecule has 0 amide bonds. The lowest BCUT2D eigenvalue weighted by Crippen LogP contribution is -2.04. The second-order valence-corrected chi connectivity index (χ2v) is 5.91. The molecule has 0 aliphatic heterocycles. The van der Waals surface area contributed by atoms with E-state index in [-0.39, 0.29) is 0 Å². The van der Waals surface area contributed by atoms with E-state index in [4.69, 9.17) is 0 Å². The lowest BCUT2D eigenvalue weighted by atomic mass is 10.1. The molecule has 0 spiro atoms. The Bertz CT molecular complexity index is 380. The molecule has 0 unspecified atom stereocenters. The Kier molecular flexibility index (Phi) is 7.42. The average Bonchev–Trinajstić information content (AvgIpc) is 2.75. The van der Waals surface area contributed by atoms with Crippen LogP contribution in [0.2, 0.25) is 0 Å². The largest absolute Gasteiger partial charge is 0.283 e. The Morgan fingerprint density at radius 3 is 2.78 bits per heavy atom. The van der Waals surface area contributed by atoms with Crippen molar-refractivity contribution in [1.29, 1.82) is 0 Å². The molecule has 0 saturated heterocycles. The number of nitrogens with zero attached hydrogens (tertiary/aromatic N) is 1. The van der Waals surface area contributed by atoms with Crippen molar-refractivity contribution in [3.63, 3.8) is 0 Å². The maximum absolute atomic E-state index is 4.21. The molecule has 1 heterocycles. The molecule has 0 aliphatic rings. The number of rotatable bonds is 9. The summed E-state index contributed by atoms with van der Waals surface area (Å²) in [7, 11) is 0. The molecule has 18 heavy (non-hydrogen) atoms. The van der Waals surface area contributed by atoms with Crippen LogP contribution in [0.15, 0.2) is 29.5 Å².